The molecule has 3 heteroatoms. The van der Waals surface area contributed by atoms with Crippen LogP contribution in [0.25, 0.3) is 0 Å². The van der Waals surface area contributed by atoms with Crippen LogP contribution in [0.5, 0.6) is 0 Å². The van der Waals surface area contributed by atoms with Crippen LogP contribution in [-0.4, -0.2) is 19.1 Å². The molecule has 2 rings (SSSR count). The van der Waals surface area contributed by atoms with Gasteiger partial charge in [0.25, 0.3) is 0 Å². The van der Waals surface area contributed by atoms with E-state index in [0.29, 0.717) is 11.6 Å². The van der Waals surface area contributed by atoms with Gasteiger partial charge >= 0.3 is 0 Å². The fourth-order valence-electron chi connectivity index (χ4n) is 1.37. The van der Waals surface area contributed by atoms with Gasteiger partial charge in [0.15, 0.2) is 0 Å². The predicted octanol–water partition coefficient (Wildman–Crippen LogP) is 1.52. The molecule has 1 aliphatic rings. The Balaban J connectivity index is 2.14. The second-order valence-corrected chi connectivity index (χ2v) is 3.41. The maximum atomic E-state index is 13.1. The van der Waals surface area contributed by atoms with E-state index in [1.165, 1.54) is 6.07 Å². The van der Waals surface area contributed by atoms with E-state index in [1.807, 2.05) is 6.07 Å². The summed E-state index contributed by atoms with van der Waals surface area (Å²) in [5.41, 5.74) is 1.61. The van der Waals surface area contributed by atoms with Crippen molar-refractivity contribution in [1.82, 2.24) is 5.32 Å². The van der Waals surface area contributed by atoms with Crippen LogP contribution < -0.4 is 10.6 Å². The van der Waals surface area contributed by atoms with Crippen LogP contribution in [0.2, 0.25) is 0 Å². The average Bonchev–Trinajstić information content (AvgIpc) is 2.04. The molecule has 70 valence electrons. The minimum atomic E-state index is -0.141. The molecule has 0 saturated carbocycles. The molecule has 0 aliphatic carbocycles. The van der Waals surface area contributed by atoms with Gasteiger partial charge in [-0.15, -0.1) is 0 Å². The molecular weight excluding hydrogens is 167 g/mol. The van der Waals surface area contributed by atoms with Crippen LogP contribution in [0.15, 0.2) is 18.2 Å². The molecule has 13 heavy (non-hydrogen) atoms. The number of hydrogen-bond donors (Lipinski definition) is 2. The van der Waals surface area contributed by atoms with Crippen molar-refractivity contribution in [3.05, 3.63) is 29.6 Å². The van der Waals surface area contributed by atoms with Crippen molar-refractivity contribution < 1.29 is 4.39 Å². The van der Waals surface area contributed by atoms with E-state index in [9.17, 15) is 4.39 Å². The van der Waals surface area contributed by atoms with Crippen LogP contribution in [0.1, 0.15) is 5.56 Å². The third kappa shape index (κ3) is 1.65. The third-order valence-corrected chi connectivity index (χ3v) is 2.41. The Kier molecular flexibility index (Phi) is 2.19. The summed E-state index contributed by atoms with van der Waals surface area (Å²) in [7, 11) is 0. The first-order valence-electron chi connectivity index (χ1n) is 4.50. The third-order valence-electron chi connectivity index (χ3n) is 2.41. The molecule has 0 bridgehead atoms. The number of anilines is 1. The molecule has 2 nitrogen and oxygen atoms in total. The van der Waals surface area contributed by atoms with E-state index in [0.717, 1.165) is 18.8 Å². The Morgan fingerprint density at radius 2 is 2.23 bits per heavy atom. The molecule has 1 aromatic rings. The SMILES string of the molecule is Cc1c(F)cccc1NC1CNC1. The van der Waals surface area contributed by atoms with Crippen molar-refractivity contribution in [3.8, 4) is 0 Å². The maximum absolute atomic E-state index is 13.1. The number of nitrogens with one attached hydrogen (secondary N) is 2. The summed E-state index contributed by atoms with van der Waals surface area (Å²) < 4.78 is 13.1. The van der Waals surface area contributed by atoms with E-state index in [2.05, 4.69) is 10.6 Å². The second-order valence-electron chi connectivity index (χ2n) is 3.41. The van der Waals surface area contributed by atoms with Crippen LogP contribution >= 0.6 is 0 Å². The minimum Gasteiger partial charge on any atom is -0.379 e. The van der Waals surface area contributed by atoms with Crippen LogP contribution in [0.3, 0.4) is 0 Å². The molecule has 1 aromatic carbocycles. The van der Waals surface area contributed by atoms with E-state index in [4.69, 9.17) is 0 Å². The lowest BCUT2D eigenvalue weighted by atomic mass is 10.1. The highest BCUT2D eigenvalue weighted by molar-refractivity contribution is 5.52. The van der Waals surface area contributed by atoms with E-state index < -0.39 is 0 Å². The zero-order valence-corrected chi connectivity index (χ0v) is 7.60. The number of rotatable bonds is 2. The van der Waals surface area contributed by atoms with E-state index >= 15 is 0 Å². The predicted molar refractivity (Wildman–Crippen MR) is 51.4 cm³/mol. The molecule has 0 amide bonds. The van der Waals surface area contributed by atoms with Gasteiger partial charge in [-0.2, -0.15) is 0 Å². The summed E-state index contributed by atoms with van der Waals surface area (Å²) in [6.07, 6.45) is 0. The molecule has 1 heterocycles. The van der Waals surface area contributed by atoms with Gasteiger partial charge in [0.1, 0.15) is 5.82 Å². The fraction of sp³-hybridized carbons (Fsp3) is 0.400. The highest BCUT2D eigenvalue weighted by Gasteiger charge is 2.16. The van der Waals surface area contributed by atoms with Gasteiger partial charge in [-0.05, 0) is 19.1 Å². The zero-order chi connectivity index (χ0) is 9.26. The summed E-state index contributed by atoms with van der Waals surface area (Å²) in [6.45, 7) is 3.73. The lowest BCUT2D eigenvalue weighted by Gasteiger charge is -2.29. The van der Waals surface area contributed by atoms with Crippen LogP contribution in [0, 0.1) is 12.7 Å². The van der Waals surface area contributed by atoms with Gasteiger partial charge < -0.3 is 10.6 Å². The average molecular weight is 180 g/mol. The van der Waals surface area contributed by atoms with Gasteiger partial charge in [-0.3, -0.25) is 0 Å². The zero-order valence-electron chi connectivity index (χ0n) is 7.60. The first kappa shape index (κ1) is 8.51. The van der Waals surface area contributed by atoms with Gasteiger partial charge in [-0.1, -0.05) is 6.07 Å². The maximum Gasteiger partial charge on any atom is 0.128 e. The Morgan fingerprint density at radius 1 is 1.46 bits per heavy atom. The van der Waals surface area contributed by atoms with Gasteiger partial charge in [0, 0.05) is 24.3 Å². The smallest absolute Gasteiger partial charge is 0.128 e. The number of benzene rings is 1. The molecule has 2 N–H and O–H groups in total. The summed E-state index contributed by atoms with van der Waals surface area (Å²) in [5, 5.41) is 6.44. The normalized spacial score (nSPS) is 16.8. The summed E-state index contributed by atoms with van der Waals surface area (Å²) >= 11 is 0. The van der Waals surface area contributed by atoms with Gasteiger partial charge in [0.2, 0.25) is 0 Å². The van der Waals surface area contributed by atoms with Gasteiger partial charge in [-0.25, -0.2) is 4.39 Å². The largest absolute Gasteiger partial charge is 0.379 e. The lowest BCUT2D eigenvalue weighted by molar-refractivity contribution is 0.471. The fourth-order valence-corrected chi connectivity index (χ4v) is 1.37. The van der Waals surface area contributed by atoms with Crippen LogP contribution in [0.4, 0.5) is 10.1 Å². The Bertz CT molecular complexity index is 308. The van der Waals surface area contributed by atoms with Crippen LogP contribution in [-0.2, 0) is 0 Å². The highest BCUT2D eigenvalue weighted by Crippen LogP contribution is 2.18. The summed E-state index contributed by atoms with van der Waals surface area (Å²) in [4.78, 5) is 0. The molecule has 1 fully saturated rings. The molecule has 0 aromatic heterocycles. The van der Waals surface area contributed by atoms with Crippen molar-refractivity contribution in [2.45, 2.75) is 13.0 Å². The molecule has 1 saturated heterocycles. The summed E-state index contributed by atoms with van der Waals surface area (Å²) in [6, 6.07) is 5.59. The van der Waals surface area contributed by atoms with E-state index in [1.54, 1.807) is 13.0 Å². The molecule has 0 unspecified atom stereocenters. The van der Waals surface area contributed by atoms with Crippen molar-refractivity contribution in [2.75, 3.05) is 18.4 Å². The minimum absolute atomic E-state index is 0.141. The van der Waals surface area contributed by atoms with E-state index in [-0.39, 0.29) is 5.82 Å². The van der Waals surface area contributed by atoms with Crippen molar-refractivity contribution in [2.24, 2.45) is 0 Å². The van der Waals surface area contributed by atoms with Crippen molar-refractivity contribution >= 4 is 5.69 Å². The molecule has 0 atom stereocenters. The second kappa shape index (κ2) is 3.34. The topological polar surface area (TPSA) is 24.1 Å². The Morgan fingerprint density at radius 3 is 2.85 bits per heavy atom. The number of halogens is 1. The first-order chi connectivity index (χ1) is 6.27. The summed E-state index contributed by atoms with van der Waals surface area (Å²) in [5.74, 6) is -0.141. The molecule has 0 spiro atoms. The van der Waals surface area contributed by atoms with Crippen molar-refractivity contribution in [3.63, 3.8) is 0 Å². The molecule has 1 aliphatic heterocycles. The number of hydrogen-bond acceptors (Lipinski definition) is 2. The monoisotopic (exact) mass is 180 g/mol. The van der Waals surface area contributed by atoms with Crippen molar-refractivity contribution in [1.29, 1.82) is 0 Å². The quantitative estimate of drug-likeness (QED) is 0.721. The first-order valence-corrected chi connectivity index (χ1v) is 4.50. The molecular formula is C10H13FN2. The van der Waals surface area contributed by atoms with Gasteiger partial charge in [0.05, 0.1) is 6.04 Å². The Hall–Kier alpha value is -1.09. The standard InChI is InChI=1S/C10H13FN2/c1-7-9(11)3-2-4-10(7)13-8-5-12-6-8/h2-4,8,12-13H,5-6H2,1H3. The highest BCUT2D eigenvalue weighted by atomic mass is 19.1. The lowest BCUT2D eigenvalue weighted by Crippen LogP contribution is -2.51. The Labute approximate surface area is 77.2 Å². The molecule has 0 radical (unpaired) electrons.